The van der Waals surface area contributed by atoms with E-state index >= 15 is 0 Å². The van der Waals surface area contributed by atoms with Crippen LogP contribution in [0, 0.1) is 24.2 Å². The second kappa shape index (κ2) is 7.57. The molecule has 1 aromatic carbocycles. The Labute approximate surface area is 144 Å². The van der Waals surface area contributed by atoms with Crippen LogP contribution in [0.3, 0.4) is 0 Å². The zero-order chi connectivity index (χ0) is 17.7. The molecule has 5 nitrogen and oxygen atoms in total. The van der Waals surface area contributed by atoms with Gasteiger partial charge >= 0.3 is 6.09 Å². The summed E-state index contributed by atoms with van der Waals surface area (Å²) in [5, 5.41) is 9.17. The number of nitriles is 1. The lowest BCUT2D eigenvalue weighted by atomic mass is 9.99. The van der Waals surface area contributed by atoms with Crippen molar-refractivity contribution in [3.8, 4) is 11.8 Å². The molecule has 0 spiro atoms. The van der Waals surface area contributed by atoms with Gasteiger partial charge in [-0.15, -0.1) is 0 Å². The summed E-state index contributed by atoms with van der Waals surface area (Å²) in [7, 11) is 0. The van der Waals surface area contributed by atoms with Crippen molar-refractivity contribution < 1.29 is 14.3 Å². The average Bonchev–Trinajstić information content (AvgIpc) is 2.52. The molecule has 0 aromatic heterocycles. The molecule has 0 aliphatic carbocycles. The number of aryl methyl sites for hydroxylation is 1. The summed E-state index contributed by atoms with van der Waals surface area (Å²) in [5.74, 6) is 0.866. The summed E-state index contributed by atoms with van der Waals surface area (Å²) in [5.41, 5.74) is 1.12. The van der Waals surface area contributed by atoms with Crippen LogP contribution in [0.15, 0.2) is 18.2 Å². The van der Waals surface area contributed by atoms with Gasteiger partial charge in [0, 0.05) is 19.0 Å². The molecule has 5 heteroatoms. The standard InChI is InChI=1S/C19H26N2O3/c1-14-7-8-16(11-20)17(10-14)23-13-15-6-5-9-21(12-15)18(22)24-19(2,3)4/h7-8,10,15H,5-6,9,12-13H2,1-4H3. The SMILES string of the molecule is Cc1ccc(C#N)c(OCC2CCCN(C(=O)OC(C)(C)C)C2)c1. The molecule has 1 atom stereocenters. The minimum Gasteiger partial charge on any atom is -0.492 e. The number of hydrogen-bond acceptors (Lipinski definition) is 4. The number of piperidine rings is 1. The third-order valence-electron chi connectivity index (χ3n) is 3.90. The molecule has 1 aromatic rings. The van der Waals surface area contributed by atoms with E-state index in [-0.39, 0.29) is 12.0 Å². The fourth-order valence-corrected chi connectivity index (χ4v) is 2.74. The van der Waals surface area contributed by atoms with Crippen LogP contribution in [-0.2, 0) is 4.74 Å². The van der Waals surface area contributed by atoms with Crippen LogP contribution in [-0.4, -0.2) is 36.3 Å². The highest BCUT2D eigenvalue weighted by atomic mass is 16.6. The molecule has 1 unspecified atom stereocenters. The molecule has 24 heavy (non-hydrogen) atoms. The van der Waals surface area contributed by atoms with Crippen LogP contribution in [0.2, 0.25) is 0 Å². The van der Waals surface area contributed by atoms with Crippen molar-refractivity contribution in [1.82, 2.24) is 4.90 Å². The number of carbonyl (C=O) groups excluding carboxylic acids is 1. The molecule has 1 amide bonds. The maximum Gasteiger partial charge on any atom is 0.410 e. The van der Waals surface area contributed by atoms with E-state index in [2.05, 4.69) is 6.07 Å². The molecule has 0 N–H and O–H groups in total. The Morgan fingerprint density at radius 3 is 2.83 bits per heavy atom. The second-order valence-corrected chi connectivity index (χ2v) is 7.36. The Balaban J connectivity index is 1.93. The Bertz CT molecular complexity index is 628. The number of carbonyl (C=O) groups is 1. The Hall–Kier alpha value is -2.22. The monoisotopic (exact) mass is 330 g/mol. The predicted molar refractivity (Wildman–Crippen MR) is 91.9 cm³/mol. The van der Waals surface area contributed by atoms with Gasteiger partial charge < -0.3 is 14.4 Å². The van der Waals surface area contributed by atoms with Crippen molar-refractivity contribution in [2.75, 3.05) is 19.7 Å². The highest BCUT2D eigenvalue weighted by Gasteiger charge is 2.28. The molecule has 1 aliphatic rings. The minimum atomic E-state index is -0.482. The highest BCUT2D eigenvalue weighted by Crippen LogP contribution is 2.23. The molecule has 130 valence electrons. The van der Waals surface area contributed by atoms with Gasteiger partial charge in [0.2, 0.25) is 0 Å². The van der Waals surface area contributed by atoms with Crippen LogP contribution in [0.5, 0.6) is 5.75 Å². The van der Waals surface area contributed by atoms with E-state index in [1.54, 1.807) is 11.0 Å². The van der Waals surface area contributed by atoms with E-state index in [1.807, 2.05) is 39.8 Å². The Kier molecular flexibility index (Phi) is 5.71. The fourth-order valence-electron chi connectivity index (χ4n) is 2.74. The maximum atomic E-state index is 12.2. The van der Waals surface area contributed by atoms with Crippen LogP contribution >= 0.6 is 0 Å². The van der Waals surface area contributed by atoms with Gasteiger partial charge in [-0.1, -0.05) is 6.07 Å². The van der Waals surface area contributed by atoms with E-state index in [0.717, 1.165) is 24.9 Å². The predicted octanol–water partition coefficient (Wildman–Crippen LogP) is 3.89. The average molecular weight is 330 g/mol. The van der Waals surface area contributed by atoms with Gasteiger partial charge in [0.25, 0.3) is 0 Å². The van der Waals surface area contributed by atoms with Gasteiger partial charge in [0.15, 0.2) is 0 Å². The lowest BCUT2D eigenvalue weighted by Gasteiger charge is -2.34. The summed E-state index contributed by atoms with van der Waals surface area (Å²) in [6.07, 6.45) is 1.68. The first kappa shape index (κ1) is 18.1. The molecular formula is C19H26N2O3. The highest BCUT2D eigenvalue weighted by molar-refractivity contribution is 5.68. The number of rotatable bonds is 3. The number of likely N-dealkylation sites (tertiary alicyclic amines) is 1. The van der Waals surface area contributed by atoms with Crippen LogP contribution in [0.4, 0.5) is 4.79 Å². The lowest BCUT2D eigenvalue weighted by molar-refractivity contribution is 0.0139. The van der Waals surface area contributed by atoms with Crippen molar-refractivity contribution in [3.05, 3.63) is 29.3 Å². The second-order valence-electron chi connectivity index (χ2n) is 7.36. The van der Waals surface area contributed by atoms with Gasteiger partial charge in [0.05, 0.1) is 12.2 Å². The third kappa shape index (κ3) is 5.16. The number of hydrogen-bond donors (Lipinski definition) is 0. The van der Waals surface area contributed by atoms with Crippen molar-refractivity contribution >= 4 is 6.09 Å². The first-order valence-electron chi connectivity index (χ1n) is 8.40. The summed E-state index contributed by atoms with van der Waals surface area (Å²) in [4.78, 5) is 14.0. The number of amides is 1. The number of ether oxygens (including phenoxy) is 2. The maximum absolute atomic E-state index is 12.2. The molecule has 1 heterocycles. The Morgan fingerprint density at radius 2 is 2.17 bits per heavy atom. The molecule has 2 rings (SSSR count). The molecule has 1 aliphatic heterocycles. The van der Waals surface area contributed by atoms with E-state index in [4.69, 9.17) is 14.7 Å². The largest absolute Gasteiger partial charge is 0.492 e. The smallest absolute Gasteiger partial charge is 0.410 e. The van der Waals surface area contributed by atoms with Gasteiger partial charge in [-0.3, -0.25) is 0 Å². The summed E-state index contributed by atoms with van der Waals surface area (Å²) >= 11 is 0. The van der Waals surface area contributed by atoms with E-state index in [0.29, 0.717) is 24.5 Å². The van der Waals surface area contributed by atoms with Crippen molar-refractivity contribution in [2.24, 2.45) is 5.92 Å². The molecule has 0 saturated carbocycles. The topological polar surface area (TPSA) is 62.6 Å². The van der Waals surface area contributed by atoms with Gasteiger partial charge in [0.1, 0.15) is 17.4 Å². The van der Waals surface area contributed by atoms with Crippen LogP contribution < -0.4 is 4.74 Å². The Morgan fingerprint density at radius 1 is 1.42 bits per heavy atom. The van der Waals surface area contributed by atoms with Crippen LogP contribution in [0.1, 0.15) is 44.7 Å². The first-order chi connectivity index (χ1) is 11.3. The van der Waals surface area contributed by atoms with E-state index in [1.165, 1.54) is 0 Å². The van der Waals surface area contributed by atoms with Crippen molar-refractivity contribution in [3.63, 3.8) is 0 Å². The minimum absolute atomic E-state index is 0.248. The first-order valence-corrected chi connectivity index (χ1v) is 8.40. The van der Waals surface area contributed by atoms with E-state index in [9.17, 15) is 4.79 Å². The van der Waals surface area contributed by atoms with Crippen molar-refractivity contribution in [2.45, 2.75) is 46.1 Å². The lowest BCUT2D eigenvalue weighted by Crippen LogP contribution is -2.44. The zero-order valence-electron chi connectivity index (χ0n) is 15.0. The summed E-state index contributed by atoms with van der Waals surface area (Å²) in [6.45, 7) is 9.43. The molecule has 0 radical (unpaired) electrons. The molecule has 0 bridgehead atoms. The van der Waals surface area contributed by atoms with Crippen LogP contribution in [0.25, 0.3) is 0 Å². The van der Waals surface area contributed by atoms with Crippen molar-refractivity contribution in [1.29, 1.82) is 5.26 Å². The summed E-state index contributed by atoms with van der Waals surface area (Å²) < 4.78 is 11.3. The zero-order valence-corrected chi connectivity index (χ0v) is 15.0. The summed E-state index contributed by atoms with van der Waals surface area (Å²) in [6, 6.07) is 7.71. The normalized spacial score (nSPS) is 18.0. The molecule has 1 saturated heterocycles. The van der Waals surface area contributed by atoms with E-state index < -0.39 is 5.60 Å². The van der Waals surface area contributed by atoms with Gasteiger partial charge in [-0.25, -0.2) is 4.79 Å². The quantitative estimate of drug-likeness (QED) is 0.843. The van der Waals surface area contributed by atoms with Gasteiger partial charge in [-0.05, 0) is 58.2 Å². The van der Waals surface area contributed by atoms with Gasteiger partial charge in [-0.2, -0.15) is 5.26 Å². The number of nitrogens with zero attached hydrogens (tertiary/aromatic N) is 2. The molecular weight excluding hydrogens is 304 g/mol. The third-order valence-corrected chi connectivity index (χ3v) is 3.90. The fraction of sp³-hybridized carbons (Fsp3) is 0.579. The number of benzene rings is 1. The molecule has 1 fully saturated rings.